The Bertz CT molecular complexity index is 298. The molecule has 0 unspecified atom stereocenters. The van der Waals surface area contributed by atoms with Gasteiger partial charge in [-0.2, -0.15) is 0 Å². The fraction of sp³-hybridized carbons (Fsp3) is 0.538. The van der Waals surface area contributed by atoms with Gasteiger partial charge in [-0.25, -0.2) is 0 Å². The molecule has 0 aromatic heterocycles. The Morgan fingerprint density at radius 2 is 2.00 bits per heavy atom. The highest BCUT2D eigenvalue weighted by atomic mass is 79.9. The summed E-state index contributed by atoms with van der Waals surface area (Å²) >= 11 is 3.45. The van der Waals surface area contributed by atoms with E-state index >= 15 is 0 Å². The summed E-state index contributed by atoms with van der Waals surface area (Å²) in [6.07, 6.45) is 0.877. The molecule has 0 saturated heterocycles. The van der Waals surface area contributed by atoms with Crippen molar-refractivity contribution in [2.24, 2.45) is 0 Å². The van der Waals surface area contributed by atoms with Gasteiger partial charge in [0.15, 0.2) is 0 Å². The Morgan fingerprint density at radius 1 is 1.38 bits per heavy atom. The number of ether oxygens (including phenoxy) is 1. The SMILES string of the molecule is CC[C@H](Br)[C@](C)(O)COCc1ccccc1. The van der Waals surface area contributed by atoms with Crippen molar-refractivity contribution >= 4 is 15.9 Å². The van der Waals surface area contributed by atoms with E-state index < -0.39 is 5.60 Å². The molecular formula is C13H19BrO2. The zero-order valence-electron chi connectivity index (χ0n) is 9.82. The van der Waals surface area contributed by atoms with Gasteiger partial charge in [0.2, 0.25) is 0 Å². The molecule has 90 valence electrons. The Labute approximate surface area is 106 Å². The van der Waals surface area contributed by atoms with Crippen molar-refractivity contribution in [1.29, 1.82) is 0 Å². The van der Waals surface area contributed by atoms with Crippen LogP contribution in [0.1, 0.15) is 25.8 Å². The highest BCUT2D eigenvalue weighted by Gasteiger charge is 2.28. The molecular weight excluding hydrogens is 268 g/mol. The van der Waals surface area contributed by atoms with E-state index in [4.69, 9.17) is 4.74 Å². The maximum atomic E-state index is 10.1. The number of rotatable bonds is 6. The summed E-state index contributed by atoms with van der Waals surface area (Å²) < 4.78 is 5.53. The van der Waals surface area contributed by atoms with Crippen molar-refractivity contribution in [3.8, 4) is 0 Å². The van der Waals surface area contributed by atoms with E-state index in [0.29, 0.717) is 13.2 Å². The first kappa shape index (κ1) is 13.7. The zero-order valence-corrected chi connectivity index (χ0v) is 11.4. The summed E-state index contributed by atoms with van der Waals surface area (Å²) in [7, 11) is 0. The van der Waals surface area contributed by atoms with Gasteiger partial charge in [0.1, 0.15) is 0 Å². The molecule has 1 aromatic carbocycles. The zero-order chi connectivity index (χ0) is 12.0. The molecule has 0 saturated carbocycles. The molecule has 16 heavy (non-hydrogen) atoms. The molecule has 1 aromatic rings. The Balaban J connectivity index is 2.35. The van der Waals surface area contributed by atoms with Gasteiger partial charge in [0.05, 0.1) is 18.8 Å². The summed E-state index contributed by atoms with van der Waals surface area (Å²) in [4.78, 5) is 0.0655. The van der Waals surface area contributed by atoms with Crippen molar-refractivity contribution in [2.75, 3.05) is 6.61 Å². The average Bonchev–Trinajstić information content (AvgIpc) is 2.29. The van der Waals surface area contributed by atoms with E-state index in [1.165, 1.54) is 0 Å². The van der Waals surface area contributed by atoms with Gasteiger partial charge < -0.3 is 9.84 Å². The maximum absolute atomic E-state index is 10.1. The van der Waals surface area contributed by atoms with Gasteiger partial charge >= 0.3 is 0 Å². The Hall–Kier alpha value is -0.380. The van der Waals surface area contributed by atoms with Gasteiger partial charge in [-0.1, -0.05) is 53.2 Å². The largest absolute Gasteiger partial charge is 0.387 e. The Morgan fingerprint density at radius 3 is 2.56 bits per heavy atom. The number of hydrogen-bond donors (Lipinski definition) is 1. The van der Waals surface area contributed by atoms with E-state index in [0.717, 1.165) is 12.0 Å². The smallest absolute Gasteiger partial charge is 0.0976 e. The minimum Gasteiger partial charge on any atom is -0.387 e. The van der Waals surface area contributed by atoms with Crippen LogP contribution < -0.4 is 0 Å². The third-order valence-corrected chi connectivity index (χ3v) is 4.17. The van der Waals surface area contributed by atoms with Gasteiger partial charge in [-0.3, -0.25) is 0 Å². The summed E-state index contributed by atoms with van der Waals surface area (Å²) in [6.45, 7) is 4.71. The number of hydrogen-bond acceptors (Lipinski definition) is 2. The summed E-state index contributed by atoms with van der Waals surface area (Å²) in [5.74, 6) is 0. The molecule has 1 rings (SSSR count). The normalized spacial score (nSPS) is 16.8. The number of aliphatic hydroxyl groups is 1. The summed E-state index contributed by atoms with van der Waals surface area (Å²) in [6, 6.07) is 9.97. The van der Waals surface area contributed by atoms with Crippen LogP contribution in [0.5, 0.6) is 0 Å². The first-order valence-corrected chi connectivity index (χ1v) is 6.46. The standard InChI is InChI=1S/C13H19BrO2/c1-3-12(14)13(2,15)10-16-9-11-7-5-4-6-8-11/h4-8,12,15H,3,9-10H2,1-2H3/t12-,13+/m0/s1. The summed E-state index contributed by atoms with van der Waals surface area (Å²) in [5, 5.41) is 10.1. The fourth-order valence-corrected chi connectivity index (χ4v) is 1.61. The summed E-state index contributed by atoms with van der Waals surface area (Å²) in [5.41, 5.74) is 0.310. The predicted octanol–water partition coefficient (Wildman–Crippen LogP) is 3.13. The van der Waals surface area contributed by atoms with Crippen molar-refractivity contribution in [2.45, 2.75) is 37.3 Å². The topological polar surface area (TPSA) is 29.5 Å². The lowest BCUT2D eigenvalue weighted by molar-refractivity contribution is -0.0394. The molecule has 0 spiro atoms. The van der Waals surface area contributed by atoms with Gasteiger partial charge in [-0.05, 0) is 18.9 Å². The quantitative estimate of drug-likeness (QED) is 0.815. The van der Waals surface area contributed by atoms with Crippen LogP contribution in [0.2, 0.25) is 0 Å². The van der Waals surface area contributed by atoms with Crippen LogP contribution in [-0.4, -0.2) is 22.1 Å². The average molecular weight is 287 g/mol. The monoisotopic (exact) mass is 286 g/mol. The number of alkyl halides is 1. The molecule has 0 bridgehead atoms. The molecule has 0 fully saturated rings. The van der Waals surface area contributed by atoms with E-state index in [2.05, 4.69) is 15.9 Å². The second-order valence-corrected chi connectivity index (χ2v) is 5.32. The minimum absolute atomic E-state index is 0.0655. The predicted molar refractivity (Wildman–Crippen MR) is 69.7 cm³/mol. The lowest BCUT2D eigenvalue weighted by Gasteiger charge is -2.27. The molecule has 0 amide bonds. The molecule has 3 heteroatoms. The molecule has 0 heterocycles. The third kappa shape index (κ3) is 4.24. The first-order valence-electron chi connectivity index (χ1n) is 5.54. The number of halogens is 1. The minimum atomic E-state index is -0.816. The van der Waals surface area contributed by atoms with Crippen molar-refractivity contribution in [1.82, 2.24) is 0 Å². The third-order valence-electron chi connectivity index (χ3n) is 2.54. The first-order chi connectivity index (χ1) is 7.56. The van der Waals surface area contributed by atoms with Gasteiger partial charge in [-0.15, -0.1) is 0 Å². The van der Waals surface area contributed by atoms with Crippen LogP contribution in [0.4, 0.5) is 0 Å². The van der Waals surface area contributed by atoms with Crippen LogP contribution in [0, 0.1) is 0 Å². The van der Waals surface area contributed by atoms with Crippen LogP contribution in [-0.2, 0) is 11.3 Å². The van der Waals surface area contributed by atoms with Gasteiger partial charge in [0, 0.05) is 4.83 Å². The van der Waals surface area contributed by atoms with E-state index in [-0.39, 0.29) is 4.83 Å². The molecule has 0 aliphatic heterocycles. The molecule has 0 aliphatic carbocycles. The van der Waals surface area contributed by atoms with Crippen molar-refractivity contribution in [3.05, 3.63) is 35.9 Å². The Kier molecular flexibility index (Phi) is 5.46. The molecule has 0 radical (unpaired) electrons. The van der Waals surface area contributed by atoms with Crippen molar-refractivity contribution in [3.63, 3.8) is 0 Å². The second-order valence-electron chi connectivity index (χ2n) is 4.21. The lowest BCUT2D eigenvalue weighted by Crippen LogP contribution is -2.39. The van der Waals surface area contributed by atoms with Crippen LogP contribution in [0.15, 0.2) is 30.3 Å². The van der Waals surface area contributed by atoms with Crippen LogP contribution in [0.3, 0.4) is 0 Å². The molecule has 2 nitrogen and oxygen atoms in total. The van der Waals surface area contributed by atoms with E-state index in [1.54, 1.807) is 6.92 Å². The number of benzene rings is 1. The molecule has 2 atom stereocenters. The van der Waals surface area contributed by atoms with E-state index in [1.807, 2.05) is 37.3 Å². The maximum Gasteiger partial charge on any atom is 0.0976 e. The van der Waals surface area contributed by atoms with E-state index in [9.17, 15) is 5.11 Å². The fourth-order valence-electron chi connectivity index (χ4n) is 1.48. The van der Waals surface area contributed by atoms with Gasteiger partial charge in [0.25, 0.3) is 0 Å². The molecule has 1 N–H and O–H groups in total. The molecule has 0 aliphatic rings. The highest BCUT2D eigenvalue weighted by Crippen LogP contribution is 2.21. The van der Waals surface area contributed by atoms with Crippen molar-refractivity contribution < 1.29 is 9.84 Å². The van der Waals surface area contributed by atoms with Crippen LogP contribution in [0.25, 0.3) is 0 Å². The lowest BCUT2D eigenvalue weighted by atomic mass is 10.0. The second kappa shape index (κ2) is 6.38. The highest BCUT2D eigenvalue weighted by molar-refractivity contribution is 9.09. The van der Waals surface area contributed by atoms with Crippen LogP contribution >= 0.6 is 15.9 Å².